The van der Waals surface area contributed by atoms with Gasteiger partial charge in [0, 0.05) is 17.1 Å². The highest BCUT2D eigenvalue weighted by molar-refractivity contribution is 7.16. The van der Waals surface area contributed by atoms with E-state index in [1.807, 2.05) is 6.07 Å². The Hall–Kier alpha value is -2.32. The van der Waals surface area contributed by atoms with Crippen LogP contribution in [-0.4, -0.2) is 19.0 Å². The smallest absolute Gasteiger partial charge is 0.244 e. The van der Waals surface area contributed by atoms with Crippen molar-refractivity contribution in [3.05, 3.63) is 45.8 Å². The van der Waals surface area contributed by atoms with E-state index in [2.05, 4.69) is 55.3 Å². The highest BCUT2D eigenvalue weighted by Gasteiger charge is 2.32. The zero-order valence-electron chi connectivity index (χ0n) is 17.5. The molecule has 5 heteroatoms. The molecule has 1 amide bonds. The highest BCUT2D eigenvalue weighted by atomic mass is 32.1. The molecular weight excluding hydrogens is 378 g/mol. The van der Waals surface area contributed by atoms with Gasteiger partial charge in [0.2, 0.25) is 5.91 Å². The summed E-state index contributed by atoms with van der Waals surface area (Å²) in [4.78, 5) is 16.3. The van der Waals surface area contributed by atoms with Gasteiger partial charge < -0.3 is 10.2 Å². The number of para-hydroxylation sites is 1. The van der Waals surface area contributed by atoms with Crippen molar-refractivity contribution in [1.82, 2.24) is 0 Å². The normalized spacial score (nSPS) is 18.6. The van der Waals surface area contributed by atoms with Gasteiger partial charge in [-0.3, -0.25) is 4.79 Å². The number of aryl methyl sites for hydroxylation is 1. The van der Waals surface area contributed by atoms with Crippen molar-refractivity contribution in [1.29, 1.82) is 5.26 Å². The van der Waals surface area contributed by atoms with Crippen molar-refractivity contribution in [2.24, 2.45) is 11.3 Å². The van der Waals surface area contributed by atoms with Crippen molar-refractivity contribution in [2.45, 2.75) is 52.9 Å². The molecule has 29 heavy (non-hydrogen) atoms. The molecule has 1 aliphatic heterocycles. The number of hydrogen-bond donors (Lipinski definition) is 1. The Labute approximate surface area is 177 Å². The van der Waals surface area contributed by atoms with Crippen LogP contribution in [0.2, 0.25) is 0 Å². The fourth-order valence-electron chi connectivity index (χ4n) is 4.65. The van der Waals surface area contributed by atoms with Crippen LogP contribution in [0.5, 0.6) is 0 Å². The average Bonchev–Trinajstić information content (AvgIpc) is 3.03. The molecule has 152 valence electrons. The second-order valence-corrected chi connectivity index (χ2v) is 10.4. The third-order valence-corrected chi connectivity index (χ3v) is 7.57. The zero-order chi connectivity index (χ0) is 20.6. The summed E-state index contributed by atoms with van der Waals surface area (Å²) in [6, 6.07) is 10.7. The fraction of sp³-hybridized carbons (Fsp3) is 0.500. The lowest BCUT2D eigenvalue weighted by molar-refractivity contribution is -0.115. The molecule has 2 heterocycles. The summed E-state index contributed by atoms with van der Waals surface area (Å²) in [7, 11) is 0. The molecular formula is C24H29N3OS. The summed E-state index contributed by atoms with van der Waals surface area (Å²) in [5.41, 5.74) is 4.58. The number of carbonyl (C=O) groups excluding carboxylic acids is 1. The second kappa shape index (κ2) is 7.84. The molecule has 0 spiro atoms. The number of amides is 1. The van der Waals surface area contributed by atoms with E-state index in [4.69, 9.17) is 0 Å². The summed E-state index contributed by atoms with van der Waals surface area (Å²) in [6.07, 6.45) is 5.19. The minimum absolute atomic E-state index is 0.0378. The molecule has 2 aromatic rings. The molecule has 0 fully saturated rings. The first-order valence-corrected chi connectivity index (χ1v) is 11.4. The first-order valence-electron chi connectivity index (χ1n) is 10.5. The SMILES string of the molecule is CC(C)(C)[C@@H]1CCc2c(sc(NC(=O)CN3CCCc4ccccc43)c2C#N)C1. The van der Waals surface area contributed by atoms with E-state index in [0.717, 1.165) is 54.9 Å². The summed E-state index contributed by atoms with van der Waals surface area (Å²) in [5, 5.41) is 13.6. The fourth-order valence-corrected chi connectivity index (χ4v) is 5.94. The summed E-state index contributed by atoms with van der Waals surface area (Å²) in [6.45, 7) is 8.10. The third-order valence-electron chi connectivity index (χ3n) is 6.40. The van der Waals surface area contributed by atoms with Crippen LogP contribution in [0.3, 0.4) is 0 Å². The van der Waals surface area contributed by atoms with Crippen LogP contribution in [0, 0.1) is 22.7 Å². The van der Waals surface area contributed by atoms with E-state index in [9.17, 15) is 10.1 Å². The molecule has 0 radical (unpaired) electrons. The molecule has 1 aliphatic carbocycles. The van der Waals surface area contributed by atoms with Crippen LogP contribution >= 0.6 is 11.3 Å². The second-order valence-electron chi connectivity index (χ2n) is 9.33. The lowest BCUT2D eigenvalue weighted by Crippen LogP contribution is -2.36. The van der Waals surface area contributed by atoms with E-state index in [1.54, 1.807) is 11.3 Å². The molecule has 4 rings (SSSR count). The number of anilines is 2. The van der Waals surface area contributed by atoms with E-state index >= 15 is 0 Å². The van der Waals surface area contributed by atoms with Crippen LogP contribution in [0.15, 0.2) is 24.3 Å². The number of carbonyl (C=O) groups is 1. The molecule has 2 aliphatic rings. The minimum atomic E-state index is -0.0378. The number of hydrogen-bond acceptors (Lipinski definition) is 4. The van der Waals surface area contributed by atoms with Gasteiger partial charge in [0.15, 0.2) is 0 Å². The maximum atomic E-state index is 12.8. The monoisotopic (exact) mass is 407 g/mol. The van der Waals surface area contributed by atoms with Gasteiger partial charge in [-0.2, -0.15) is 5.26 Å². The first kappa shape index (κ1) is 20.0. The van der Waals surface area contributed by atoms with Gasteiger partial charge in [0.25, 0.3) is 0 Å². The van der Waals surface area contributed by atoms with Crippen molar-refractivity contribution in [3.63, 3.8) is 0 Å². The molecule has 0 saturated carbocycles. The van der Waals surface area contributed by atoms with Gasteiger partial charge in [-0.1, -0.05) is 39.0 Å². The van der Waals surface area contributed by atoms with Crippen molar-refractivity contribution < 1.29 is 4.79 Å². The topological polar surface area (TPSA) is 56.1 Å². The lowest BCUT2D eigenvalue weighted by atomic mass is 9.72. The molecule has 1 N–H and O–H groups in total. The minimum Gasteiger partial charge on any atom is -0.362 e. The van der Waals surface area contributed by atoms with Crippen LogP contribution < -0.4 is 10.2 Å². The number of fused-ring (bicyclic) bond motifs is 2. The number of thiophene rings is 1. The van der Waals surface area contributed by atoms with E-state index in [0.29, 0.717) is 18.0 Å². The number of benzene rings is 1. The van der Waals surface area contributed by atoms with Crippen molar-refractivity contribution in [3.8, 4) is 6.07 Å². The van der Waals surface area contributed by atoms with Crippen LogP contribution in [0.4, 0.5) is 10.7 Å². The molecule has 0 saturated heterocycles. The predicted octanol–water partition coefficient (Wildman–Crippen LogP) is 5.16. The zero-order valence-corrected chi connectivity index (χ0v) is 18.4. The molecule has 1 aromatic carbocycles. The Morgan fingerprint density at radius 1 is 1.31 bits per heavy atom. The van der Waals surface area contributed by atoms with Crippen LogP contribution in [0.1, 0.15) is 55.2 Å². The Morgan fingerprint density at radius 2 is 2.10 bits per heavy atom. The Morgan fingerprint density at radius 3 is 2.86 bits per heavy atom. The average molecular weight is 408 g/mol. The maximum Gasteiger partial charge on any atom is 0.244 e. The standard InChI is InChI=1S/C24H29N3OS/c1-24(2,3)17-10-11-18-19(14-25)23(29-21(18)13-17)26-22(28)15-27-12-6-8-16-7-4-5-9-20(16)27/h4-5,7,9,17H,6,8,10-13,15H2,1-3H3,(H,26,28)/t17-/m1/s1. The van der Waals surface area contributed by atoms with Gasteiger partial charge in [-0.05, 0) is 60.6 Å². The Balaban J connectivity index is 1.50. The van der Waals surface area contributed by atoms with Gasteiger partial charge in [0.05, 0.1) is 12.1 Å². The van der Waals surface area contributed by atoms with Gasteiger partial charge in [0.1, 0.15) is 11.1 Å². The number of rotatable bonds is 3. The molecule has 1 atom stereocenters. The van der Waals surface area contributed by atoms with Crippen molar-refractivity contribution in [2.75, 3.05) is 23.3 Å². The first-order chi connectivity index (χ1) is 13.9. The van der Waals surface area contributed by atoms with Crippen LogP contribution in [-0.2, 0) is 24.1 Å². The van der Waals surface area contributed by atoms with E-state index < -0.39 is 0 Å². The molecule has 0 unspecified atom stereocenters. The van der Waals surface area contributed by atoms with Crippen molar-refractivity contribution >= 4 is 27.9 Å². The largest absolute Gasteiger partial charge is 0.362 e. The quantitative estimate of drug-likeness (QED) is 0.764. The molecule has 4 nitrogen and oxygen atoms in total. The Kier molecular flexibility index (Phi) is 5.40. The summed E-state index contributed by atoms with van der Waals surface area (Å²) < 4.78 is 0. The highest BCUT2D eigenvalue weighted by Crippen LogP contribution is 2.44. The van der Waals surface area contributed by atoms with Crippen LogP contribution in [0.25, 0.3) is 0 Å². The number of nitriles is 1. The van der Waals surface area contributed by atoms with E-state index in [1.165, 1.54) is 10.4 Å². The molecule has 0 bridgehead atoms. The number of nitrogens with one attached hydrogen (secondary N) is 1. The van der Waals surface area contributed by atoms with Gasteiger partial charge in [-0.25, -0.2) is 0 Å². The number of nitrogens with zero attached hydrogens (tertiary/aromatic N) is 2. The maximum absolute atomic E-state index is 12.8. The Bertz CT molecular complexity index is 963. The summed E-state index contributed by atoms with van der Waals surface area (Å²) >= 11 is 1.61. The lowest BCUT2D eigenvalue weighted by Gasteiger charge is -2.33. The van der Waals surface area contributed by atoms with Gasteiger partial charge in [-0.15, -0.1) is 11.3 Å². The predicted molar refractivity (Wildman–Crippen MR) is 120 cm³/mol. The molecule has 1 aromatic heterocycles. The third kappa shape index (κ3) is 4.04. The summed E-state index contributed by atoms with van der Waals surface area (Å²) in [5.74, 6) is 0.581. The van der Waals surface area contributed by atoms with E-state index in [-0.39, 0.29) is 11.3 Å². The van der Waals surface area contributed by atoms with Gasteiger partial charge >= 0.3 is 0 Å².